The predicted molar refractivity (Wildman–Crippen MR) is 92.3 cm³/mol. The first-order chi connectivity index (χ1) is 11.8. The molecule has 1 aliphatic rings. The molecule has 25 heavy (non-hydrogen) atoms. The fraction of sp³-hybridized carbons (Fsp3) is 0.500. The van der Waals surface area contributed by atoms with E-state index in [4.69, 9.17) is 5.26 Å². The lowest BCUT2D eigenvalue weighted by Gasteiger charge is -2.22. The number of benzene rings is 1. The van der Waals surface area contributed by atoms with E-state index >= 15 is 0 Å². The molecular weight excluding hydrogens is 347 g/mol. The minimum Gasteiger partial charge on any atom is -0.382 e. The molecule has 2 rings (SSSR count). The van der Waals surface area contributed by atoms with Crippen LogP contribution in [0.2, 0.25) is 0 Å². The van der Waals surface area contributed by atoms with E-state index in [-0.39, 0.29) is 35.6 Å². The van der Waals surface area contributed by atoms with Crippen molar-refractivity contribution in [2.24, 2.45) is 0 Å². The summed E-state index contributed by atoms with van der Waals surface area (Å²) in [6.07, 6.45) is 0.546. The molecule has 1 aliphatic heterocycles. The van der Waals surface area contributed by atoms with Crippen LogP contribution in [0, 0.1) is 17.1 Å². The van der Waals surface area contributed by atoms with Crippen molar-refractivity contribution in [1.82, 2.24) is 10.2 Å². The molecule has 0 spiro atoms. The summed E-state index contributed by atoms with van der Waals surface area (Å²) in [4.78, 5) is 13.7. The van der Waals surface area contributed by atoms with Crippen LogP contribution in [-0.4, -0.2) is 63.5 Å². The number of carbonyl (C=O) groups is 1. The lowest BCUT2D eigenvalue weighted by atomic mass is 10.2. The van der Waals surface area contributed by atoms with Crippen LogP contribution in [0.4, 0.5) is 10.1 Å². The third-order valence-corrected chi connectivity index (χ3v) is 5.86. The summed E-state index contributed by atoms with van der Waals surface area (Å²) in [5.41, 5.74) is 0.320. The van der Waals surface area contributed by atoms with E-state index in [0.717, 1.165) is 0 Å². The number of nitriles is 1. The maximum atomic E-state index is 13.5. The number of rotatable bonds is 7. The molecule has 1 amide bonds. The number of hydrogen-bond acceptors (Lipinski definition) is 6. The van der Waals surface area contributed by atoms with Crippen LogP contribution in [0.5, 0.6) is 0 Å². The third kappa shape index (κ3) is 5.41. The van der Waals surface area contributed by atoms with Crippen molar-refractivity contribution in [3.8, 4) is 6.07 Å². The minimum absolute atomic E-state index is 0.0593. The van der Waals surface area contributed by atoms with Gasteiger partial charge in [-0.05, 0) is 25.6 Å². The molecule has 1 heterocycles. The van der Waals surface area contributed by atoms with Crippen molar-refractivity contribution < 1.29 is 17.6 Å². The molecule has 1 saturated heterocycles. The molecule has 0 saturated carbocycles. The molecule has 2 N–H and O–H groups in total. The van der Waals surface area contributed by atoms with Gasteiger partial charge in [-0.1, -0.05) is 6.07 Å². The van der Waals surface area contributed by atoms with E-state index in [1.165, 1.54) is 12.1 Å². The summed E-state index contributed by atoms with van der Waals surface area (Å²) in [5.74, 6) is -0.546. The first-order valence-electron chi connectivity index (χ1n) is 7.92. The maximum Gasteiger partial charge on any atom is 0.234 e. The summed E-state index contributed by atoms with van der Waals surface area (Å²) in [6, 6.07) is 5.98. The number of sulfone groups is 1. The Labute approximate surface area is 146 Å². The number of nitrogens with zero attached hydrogens (tertiary/aromatic N) is 2. The Kier molecular flexibility index (Phi) is 6.33. The topological polar surface area (TPSA) is 102 Å². The summed E-state index contributed by atoms with van der Waals surface area (Å²) in [6.45, 7) is 0.756. The van der Waals surface area contributed by atoms with Gasteiger partial charge in [0.1, 0.15) is 17.4 Å². The Balaban J connectivity index is 1.73. The lowest BCUT2D eigenvalue weighted by Crippen LogP contribution is -2.42. The summed E-state index contributed by atoms with van der Waals surface area (Å²) >= 11 is 0. The van der Waals surface area contributed by atoms with Gasteiger partial charge >= 0.3 is 0 Å². The lowest BCUT2D eigenvalue weighted by molar-refractivity contribution is -0.122. The number of carbonyl (C=O) groups excluding carboxylic acids is 1. The van der Waals surface area contributed by atoms with Gasteiger partial charge in [-0.15, -0.1) is 0 Å². The molecular formula is C16H21FN4O3S. The summed E-state index contributed by atoms with van der Waals surface area (Å²) < 4.78 is 36.4. The monoisotopic (exact) mass is 368 g/mol. The molecule has 0 aliphatic carbocycles. The second-order valence-corrected chi connectivity index (χ2v) is 8.25. The van der Waals surface area contributed by atoms with Crippen molar-refractivity contribution in [1.29, 1.82) is 5.26 Å². The summed E-state index contributed by atoms with van der Waals surface area (Å²) in [5, 5.41) is 14.6. The fourth-order valence-corrected chi connectivity index (χ4v) is 4.52. The van der Waals surface area contributed by atoms with Crippen LogP contribution in [0.1, 0.15) is 12.0 Å². The van der Waals surface area contributed by atoms with Gasteiger partial charge < -0.3 is 10.6 Å². The van der Waals surface area contributed by atoms with Gasteiger partial charge in [-0.2, -0.15) is 5.26 Å². The van der Waals surface area contributed by atoms with E-state index in [1.807, 2.05) is 0 Å². The second-order valence-electron chi connectivity index (χ2n) is 6.02. The normalized spacial score (nSPS) is 18.7. The summed E-state index contributed by atoms with van der Waals surface area (Å²) in [7, 11) is -1.25. The highest BCUT2D eigenvalue weighted by Gasteiger charge is 2.31. The number of likely N-dealkylation sites (N-methyl/N-ethyl adjacent to an activating group) is 1. The Morgan fingerprint density at radius 3 is 2.84 bits per heavy atom. The van der Waals surface area contributed by atoms with Gasteiger partial charge in [0.05, 0.1) is 23.7 Å². The predicted octanol–water partition coefficient (Wildman–Crippen LogP) is 0.344. The molecule has 1 aromatic carbocycles. The van der Waals surface area contributed by atoms with Crippen LogP contribution in [0.15, 0.2) is 18.2 Å². The van der Waals surface area contributed by atoms with E-state index < -0.39 is 15.7 Å². The SMILES string of the molecule is CN(CC(=O)NCCNc1cccc(F)c1C#N)[C@@H]1CCS(=O)(=O)C1. The van der Waals surface area contributed by atoms with E-state index in [9.17, 15) is 17.6 Å². The largest absolute Gasteiger partial charge is 0.382 e. The standard InChI is InChI=1S/C16H21FN4O3S/c1-21(12-5-8-25(23,24)11-12)10-16(22)20-7-6-19-15-4-2-3-14(17)13(15)9-18/h2-4,12,19H,5-8,10-11H2,1H3,(H,20,22)/t12-/m1/s1. The van der Waals surface area contributed by atoms with Crippen LogP contribution in [-0.2, 0) is 14.6 Å². The minimum atomic E-state index is -2.98. The van der Waals surface area contributed by atoms with Gasteiger partial charge in [-0.25, -0.2) is 12.8 Å². The number of anilines is 1. The third-order valence-electron chi connectivity index (χ3n) is 4.11. The van der Waals surface area contributed by atoms with Crippen LogP contribution in [0.3, 0.4) is 0 Å². The average Bonchev–Trinajstić information content (AvgIpc) is 2.92. The number of amides is 1. The smallest absolute Gasteiger partial charge is 0.234 e. The fourth-order valence-electron chi connectivity index (χ4n) is 2.72. The Hall–Kier alpha value is -2.18. The first kappa shape index (κ1) is 19.1. The Morgan fingerprint density at radius 2 is 2.20 bits per heavy atom. The highest BCUT2D eigenvalue weighted by molar-refractivity contribution is 7.91. The maximum absolute atomic E-state index is 13.5. The van der Waals surface area contributed by atoms with E-state index in [2.05, 4.69) is 10.6 Å². The zero-order chi connectivity index (χ0) is 18.4. The molecule has 1 fully saturated rings. The molecule has 9 heteroatoms. The van der Waals surface area contributed by atoms with Crippen molar-refractivity contribution in [2.75, 3.05) is 43.5 Å². The van der Waals surface area contributed by atoms with Crippen LogP contribution >= 0.6 is 0 Å². The Bertz CT molecular complexity index is 776. The van der Waals surface area contributed by atoms with Gasteiger partial charge in [0, 0.05) is 19.1 Å². The molecule has 0 aromatic heterocycles. The number of halogens is 1. The molecule has 0 radical (unpaired) electrons. The average molecular weight is 368 g/mol. The van der Waals surface area contributed by atoms with Gasteiger partial charge in [0.2, 0.25) is 5.91 Å². The second kappa shape index (κ2) is 8.27. The first-order valence-corrected chi connectivity index (χ1v) is 9.74. The molecule has 136 valence electrons. The zero-order valence-electron chi connectivity index (χ0n) is 14.0. The molecule has 7 nitrogen and oxygen atoms in total. The highest BCUT2D eigenvalue weighted by Crippen LogP contribution is 2.17. The van der Waals surface area contributed by atoms with Gasteiger partial charge in [-0.3, -0.25) is 9.69 Å². The number of nitrogens with one attached hydrogen (secondary N) is 2. The highest BCUT2D eigenvalue weighted by atomic mass is 32.2. The van der Waals surface area contributed by atoms with Crippen LogP contribution < -0.4 is 10.6 Å². The molecule has 1 aromatic rings. The van der Waals surface area contributed by atoms with Gasteiger partial charge in [0.25, 0.3) is 0 Å². The van der Waals surface area contributed by atoms with Crippen molar-refractivity contribution >= 4 is 21.4 Å². The van der Waals surface area contributed by atoms with E-state index in [0.29, 0.717) is 25.2 Å². The number of hydrogen-bond donors (Lipinski definition) is 2. The van der Waals surface area contributed by atoms with Crippen molar-refractivity contribution in [3.63, 3.8) is 0 Å². The zero-order valence-corrected chi connectivity index (χ0v) is 14.8. The van der Waals surface area contributed by atoms with Crippen LogP contribution in [0.25, 0.3) is 0 Å². The quantitative estimate of drug-likeness (QED) is 0.673. The molecule has 0 bridgehead atoms. The Morgan fingerprint density at radius 1 is 1.44 bits per heavy atom. The van der Waals surface area contributed by atoms with Gasteiger partial charge in [0.15, 0.2) is 9.84 Å². The molecule has 0 unspecified atom stereocenters. The van der Waals surface area contributed by atoms with Crippen molar-refractivity contribution in [3.05, 3.63) is 29.6 Å². The molecule has 1 atom stereocenters. The van der Waals surface area contributed by atoms with E-state index in [1.54, 1.807) is 24.1 Å². The van der Waals surface area contributed by atoms with Crippen molar-refractivity contribution in [2.45, 2.75) is 12.5 Å².